The van der Waals surface area contributed by atoms with Crippen molar-refractivity contribution in [2.75, 3.05) is 45.1 Å². The smallest absolute Gasteiger partial charge is 0.243 e. The molecular weight excluding hydrogens is 292 g/mol. The first kappa shape index (κ1) is 14.7. The van der Waals surface area contributed by atoms with Crippen molar-refractivity contribution >= 4 is 15.8 Å². The quantitative estimate of drug-likeness (QED) is 0.828. The zero-order chi connectivity index (χ0) is 14.9. The molecule has 2 aliphatic heterocycles. The second-order valence-corrected chi connectivity index (χ2v) is 7.31. The molecule has 116 valence electrons. The fourth-order valence-corrected chi connectivity index (χ4v) is 4.42. The lowest BCUT2D eigenvalue weighted by atomic mass is 10.2. The predicted octanol–water partition coefficient (Wildman–Crippen LogP) is -0.241. The Balaban J connectivity index is 1.72. The van der Waals surface area contributed by atoms with Gasteiger partial charge in [-0.2, -0.15) is 4.31 Å². The minimum Gasteiger partial charge on any atom is -0.384 e. The van der Waals surface area contributed by atoms with Gasteiger partial charge in [0.25, 0.3) is 0 Å². The summed E-state index contributed by atoms with van der Waals surface area (Å²) in [5, 5.41) is 0. The Morgan fingerprint density at radius 3 is 2.76 bits per heavy atom. The van der Waals surface area contributed by atoms with Gasteiger partial charge in [-0.25, -0.2) is 13.4 Å². The average Bonchev–Trinajstić information content (AvgIpc) is 2.99. The van der Waals surface area contributed by atoms with Gasteiger partial charge in [0, 0.05) is 44.5 Å². The van der Waals surface area contributed by atoms with E-state index >= 15 is 0 Å². The molecule has 0 bridgehead atoms. The van der Waals surface area contributed by atoms with Crippen LogP contribution >= 0.6 is 0 Å². The van der Waals surface area contributed by atoms with Crippen molar-refractivity contribution in [2.24, 2.45) is 0 Å². The Morgan fingerprint density at radius 2 is 2.05 bits per heavy atom. The second-order valence-electron chi connectivity index (χ2n) is 5.37. The molecule has 21 heavy (non-hydrogen) atoms. The van der Waals surface area contributed by atoms with E-state index in [1.165, 1.54) is 18.3 Å². The van der Waals surface area contributed by atoms with Crippen LogP contribution in [-0.2, 0) is 14.8 Å². The van der Waals surface area contributed by atoms with Crippen LogP contribution in [0.4, 0.5) is 5.82 Å². The van der Waals surface area contributed by atoms with Crippen LogP contribution in [0.5, 0.6) is 0 Å². The molecule has 0 radical (unpaired) electrons. The van der Waals surface area contributed by atoms with Crippen LogP contribution in [0.1, 0.15) is 6.42 Å². The van der Waals surface area contributed by atoms with E-state index in [1.54, 1.807) is 4.31 Å². The Bertz CT molecular complexity index is 601. The number of morpholine rings is 1. The third kappa shape index (κ3) is 3.03. The van der Waals surface area contributed by atoms with Crippen LogP contribution in [0.3, 0.4) is 0 Å². The van der Waals surface area contributed by atoms with E-state index in [9.17, 15) is 8.42 Å². The standard InChI is InChI=1S/C13H20N4O3S/c14-13-9-12(1-3-15-13)21(18,19)17-4-2-11(10-17)16-5-7-20-8-6-16/h1,3,9,11H,2,4-8,10H2,(H2,14,15). The highest BCUT2D eigenvalue weighted by molar-refractivity contribution is 7.89. The largest absolute Gasteiger partial charge is 0.384 e. The highest BCUT2D eigenvalue weighted by Gasteiger charge is 2.35. The minimum atomic E-state index is -3.48. The molecule has 3 heterocycles. The summed E-state index contributed by atoms with van der Waals surface area (Å²) >= 11 is 0. The number of ether oxygens (including phenoxy) is 1. The van der Waals surface area contributed by atoms with Crippen LogP contribution in [0.2, 0.25) is 0 Å². The molecule has 2 aliphatic rings. The Labute approximate surface area is 124 Å². The molecule has 0 aliphatic carbocycles. The number of nitrogens with two attached hydrogens (primary N) is 1. The average molecular weight is 312 g/mol. The molecule has 1 aromatic heterocycles. The molecule has 0 amide bonds. The maximum absolute atomic E-state index is 12.6. The Hall–Kier alpha value is -1.22. The lowest BCUT2D eigenvalue weighted by Gasteiger charge is -2.32. The van der Waals surface area contributed by atoms with Crippen molar-refractivity contribution in [3.05, 3.63) is 18.3 Å². The fraction of sp³-hybridized carbons (Fsp3) is 0.615. The highest BCUT2D eigenvalue weighted by atomic mass is 32.2. The highest BCUT2D eigenvalue weighted by Crippen LogP contribution is 2.24. The second kappa shape index (κ2) is 5.88. The molecule has 1 atom stereocenters. The van der Waals surface area contributed by atoms with Crippen LogP contribution in [-0.4, -0.2) is 68.0 Å². The molecular formula is C13H20N4O3S. The monoisotopic (exact) mass is 312 g/mol. The van der Waals surface area contributed by atoms with E-state index in [-0.39, 0.29) is 16.8 Å². The summed E-state index contributed by atoms with van der Waals surface area (Å²) in [6.45, 7) is 4.28. The summed E-state index contributed by atoms with van der Waals surface area (Å²) in [6, 6.07) is 3.19. The van der Waals surface area contributed by atoms with Gasteiger partial charge in [0.1, 0.15) is 5.82 Å². The number of anilines is 1. The molecule has 7 nitrogen and oxygen atoms in total. The van der Waals surface area contributed by atoms with Gasteiger partial charge in [-0.15, -0.1) is 0 Å². The van der Waals surface area contributed by atoms with Gasteiger partial charge in [-0.05, 0) is 12.5 Å². The predicted molar refractivity (Wildman–Crippen MR) is 78.2 cm³/mol. The van der Waals surface area contributed by atoms with Gasteiger partial charge < -0.3 is 10.5 Å². The Morgan fingerprint density at radius 1 is 1.29 bits per heavy atom. The van der Waals surface area contributed by atoms with Crippen molar-refractivity contribution in [3.63, 3.8) is 0 Å². The van der Waals surface area contributed by atoms with E-state index in [0.29, 0.717) is 13.1 Å². The maximum Gasteiger partial charge on any atom is 0.243 e. The van der Waals surface area contributed by atoms with Crippen LogP contribution in [0.15, 0.2) is 23.2 Å². The number of nitrogen functional groups attached to an aromatic ring is 1. The number of nitrogens with zero attached hydrogens (tertiary/aromatic N) is 3. The summed E-state index contributed by atoms with van der Waals surface area (Å²) in [5.41, 5.74) is 5.58. The number of rotatable bonds is 3. The first-order valence-corrected chi connectivity index (χ1v) is 8.55. The number of aromatic nitrogens is 1. The van der Waals surface area contributed by atoms with Crippen LogP contribution in [0, 0.1) is 0 Å². The van der Waals surface area contributed by atoms with Gasteiger partial charge in [0.15, 0.2) is 0 Å². The van der Waals surface area contributed by atoms with Crippen molar-refractivity contribution in [1.82, 2.24) is 14.2 Å². The first-order valence-electron chi connectivity index (χ1n) is 7.11. The number of hydrogen-bond donors (Lipinski definition) is 1. The van der Waals surface area contributed by atoms with Gasteiger partial charge in [0.05, 0.1) is 18.1 Å². The number of sulfonamides is 1. The van der Waals surface area contributed by atoms with Gasteiger partial charge >= 0.3 is 0 Å². The summed E-state index contributed by atoms with van der Waals surface area (Å²) in [4.78, 5) is 6.38. The lowest BCUT2D eigenvalue weighted by molar-refractivity contribution is 0.0197. The zero-order valence-electron chi connectivity index (χ0n) is 11.8. The molecule has 1 unspecified atom stereocenters. The summed E-state index contributed by atoms with van der Waals surface area (Å²) in [6.07, 6.45) is 2.29. The molecule has 0 saturated carbocycles. The van der Waals surface area contributed by atoms with Crippen LogP contribution < -0.4 is 5.73 Å². The summed E-state index contributed by atoms with van der Waals surface area (Å²) < 4.78 is 32.1. The third-order valence-corrected chi connectivity index (χ3v) is 5.94. The molecule has 2 N–H and O–H groups in total. The van der Waals surface area contributed by atoms with E-state index in [2.05, 4.69) is 9.88 Å². The molecule has 0 aromatic carbocycles. The van der Waals surface area contributed by atoms with E-state index in [4.69, 9.17) is 10.5 Å². The molecule has 1 aromatic rings. The number of pyridine rings is 1. The van der Waals surface area contributed by atoms with Crippen LogP contribution in [0.25, 0.3) is 0 Å². The molecule has 2 fully saturated rings. The van der Waals surface area contributed by atoms with E-state index in [1.807, 2.05) is 0 Å². The van der Waals surface area contributed by atoms with Crippen molar-refractivity contribution in [2.45, 2.75) is 17.4 Å². The molecule has 3 rings (SSSR count). The molecule has 0 spiro atoms. The molecule has 8 heteroatoms. The van der Waals surface area contributed by atoms with Gasteiger partial charge in [-0.1, -0.05) is 0 Å². The lowest BCUT2D eigenvalue weighted by Crippen LogP contribution is -2.45. The first-order chi connectivity index (χ1) is 10.1. The number of hydrogen-bond acceptors (Lipinski definition) is 6. The SMILES string of the molecule is Nc1cc(S(=O)(=O)N2CCC(N3CCOCC3)C2)ccn1. The van der Waals surface area contributed by atoms with Crippen molar-refractivity contribution in [1.29, 1.82) is 0 Å². The van der Waals surface area contributed by atoms with Gasteiger partial charge in [0.2, 0.25) is 10.0 Å². The third-order valence-electron chi connectivity index (χ3n) is 4.08. The van der Waals surface area contributed by atoms with Crippen molar-refractivity contribution in [3.8, 4) is 0 Å². The maximum atomic E-state index is 12.6. The molecule has 2 saturated heterocycles. The minimum absolute atomic E-state index is 0.220. The van der Waals surface area contributed by atoms with Crippen molar-refractivity contribution < 1.29 is 13.2 Å². The zero-order valence-corrected chi connectivity index (χ0v) is 12.6. The fourth-order valence-electron chi connectivity index (χ4n) is 2.91. The Kier molecular flexibility index (Phi) is 4.12. The van der Waals surface area contributed by atoms with E-state index in [0.717, 1.165) is 32.7 Å². The summed E-state index contributed by atoms with van der Waals surface area (Å²) in [7, 11) is -3.48. The van der Waals surface area contributed by atoms with Gasteiger partial charge in [-0.3, -0.25) is 4.90 Å². The topological polar surface area (TPSA) is 88.8 Å². The summed E-state index contributed by atoms with van der Waals surface area (Å²) in [5.74, 6) is 0.222. The van der Waals surface area contributed by atoms with E-state index < -0.39 is 10.0 Å². The normalized spacial score (nSPS) is 25.2.